The molecule has 1 aromatic heterocycles. The predicted octanol–water partition coefficient (Wildman–Crippen LogP) is 7.24. The smallest absolute Gasteiger partial charge is 0.238 e. The van der Waals surface area contributed by atoms with Crippen LogP contribution in [-0.2, 0) is 16.0 Å². The summed E-state index contributed by atoms with van der Waals surface area (Å²) in [6.45, 7) is 0.545. The lowest BCUT2D eigenvalue weighted by Gasteiger charge is -2.28. The second-order valence-electron chi connectivity index (χ2n) is 12.9. The van der Waals surface area contributed by atoms with Crippen LogP contribution in [0, 0.1) is 17.0 Å². The Morgan fingerprint density at radius 1 is 0.938 bits per heavy atom. The van der Waals surface area contributed by atoms with E-state index in [9.17, 15) is 14.0 Å². The van der Waals surface area contributed by atoms with Crippen LogP contribution in [0.15, 0.2) is 66.9 Å². The molecule has 250 valence electrons. The van der Waals surface area contributed by atoms with Crippen molar-refractivity contribution in [1.29, 1.82) is 0 Å². The van der Waals surface area contributed by atoms with Gasteiger partial charge in [-0.05, 0) is 98.1 Å². The highest BCUT2D eigenvalue weighted by atomic mass is 32.2. The molecule has 0 spiro atoms. The zero-order chi connectivity index (χ0) is 33.3. The first-order valence-corrected chi connectivity index (χ1v) is 17.4. The monoisotopic (exact) mass is 673 g/mol. The molecular formula is C37H37F2N3O5S. The maximum atomic E-state index is 15.3. The minimum atomic E-state index is -1.21. The fourth-order valence-corrected chi connectivity index (χ4v) is 7.31. The van der Waals surface area contributed by atoms with Crippen molar-refractivity contribution in [1.82, 2.24) is 10.3 Å². The minimum absolute atomic E-state index is 0.00152. The van der Waals surface area contributed by atoms with E-state index in [0.717, 1.165) is 12.8 Å². The summed E-state index contributed by atoms with van der Waals surface area (Å²) >= 11 is 2.01. The first-order valence-electron chi connectivity index (χ1n) is 16.3. The van der Waals surface area contributed by atoms with Crippen molar-refractivity contribution in [3.05, 3.63) is 84.1 Å². The minimum Gasteiger partial charge on any atom is -0.493 e. The molecule has 11 heteroatoms. The van der Waals surface area contributed by atoms with Crippen molar-refractivity contribution in [2.24, 2.45) is 5.41 Å². The van der Waals surface area contributed by atoms with Gasteiger partial charge in [-0.1, -0.05) is 6.07 Å². The summed E-state index contributed by atoms with van der Waals surface area (Å²) in [5.41, 5.74) is -0.00547. The van der Waals surface area contributed by atoms with E-state index in [-0.39, 0.29) is 29.1 Å². The van der Waals surface area contributed by atoms with E-state index in [1.165, 1.54) is 60.7 Å². The number of nitrogens with one attached hydrogen (secondary N) is 2. The number of anilines is 1. The molecule has 2 aliphatic carbocycles. The fourth-order valence-electron chi connectivity index (χ4n) is 6.21. The van der Waals surface area contributed by atoms with E-state index in [0.29, 0.717) is 59.3 Å². The molecule has 8 nitrogen and oxygen atoms in total. The Morgan fingerprint density at radius 2 is 1.71 bits per heavy atom. The lowest BCUT2D eigenvalue weighted by Crippen LogP contribution is -2.45. The standard InChI is InChI=1S/C37H37F2N3O5S/c1-45-32-20-28-30(21-33(32)46-22-36(11-12-36)42-26-9-16-48-17-10-26)40-15-8-31(28)47-27-7-2-23(29(39)19-27)18-34(43)37(13-14-37)35(44)41-25-5-3-24(38)4-6-25/h2-8,15,19-21,26,42H,9-14,16-18,22H2,1H3,(H,41,44). The van der Waals surface area contributed by atoms with Crippen molar-refractivity contribution >= 4 is 40.0 Å². The van der Waals surface area contributed by atoms with E-state index >= 15 is 4.39 Å². The predicted molar refractivity (Wildman–Crippen MR) is 181 cm³/mol. The molecule has 1 saturated heterocycles. The number of thioether (sulfide) groups is 1. The molecule has 3 fully saturated rings. The Kier molecular flexibility index (Phi) is 9.00. The van der Waals surface area contributed by atoms with Gasteiger partial charge >= 0.3 is 0 Å². The highest BCUT2D eigenvalue weighted by molar-refractivity contribution is 7.99. The number of benzene rings is 3. The number of aromatic nitrogens is 1. The number of ether oxygens (including phenoxy) is 3. The van der Waals surface area contributed by atoms with Crippen LogP contribution in [0.1, 0.15) is 44.1 Å². The molecule has 4 aromatic rings. The Bertz CT molecular complexity index is 1840. The van der Waals surface area contributed by atoms with Crippen LogP contribution < -0.4 is 24.8 Å². The molecule has 0 unspecified atom stereocenters. The first kappa shape index (κ1) is 32.3. The van der Waals surface area contributed by atoms with Gasteiger partial charge in [-0.25, -0.2) is 8.78 Å². The lowest BCUT2D eigenvalue weighted by molar-refractivity contribution is -0.132. The number of pyridine rings is 1. The summed E-state index contributed by atoms with van der Waals surface area (Å²) in [5.74, 6) is 2.37. The van der Waals surface area contributed by atoms with Gasteiger partial charge in [0.2, 0.25) is 5.91 Å². The highest BCUT2D eigenvalue weighted by Crippen LogP contribution is 2.48. The van der Waals surface area contributed by atoms with Gasteiger partial charge < -0.3 is 24.8 Å². The van der Waals surface area contributed by atoms with E-state index in [4.69, 9.17) is 14.2 Å². The fraction of sp³-hybridized carbons (Fsp3) is 0.378. The molecular weight excluding hydrogens is 636 g/mol. The maximum Gasteiger partial charge on any atom is 0.238 e. The molecule has 2 saturated carbocycles. The third-order valence-electron chi connectivity index (χ3n) is 9.50. The van der Waals surface area contributed by atoms with Crippen molar-refractivity contribution < 1.29 is 32.6 Å². The largest absolute Gasteiger partial charge is 0.493 e. The van der Waals surface area contributed by atoms with E-state index in [1.54, 1.807) is 25.4 Å². The summed E-state index contributed by atoms with van der Waals surface area (Å²) in [4.78, 5) is 30.6. The number of methoxy groups -OCH3 is 1. The third kappa shape index (κ3) is 6.98. The Labute approximate surface area is 281 Å². The zero-order valence-corrected chi connectivity index (χ0v) is 27.5. The molecule has 0 radical (unpaired) electrons. The molecule has 7 rings (SSSR count). The average molecular weight is 674 g/mol. The van der Waals surface area contributed by atoms with Gasteiger partial charge in [-0.15, -0.1) is 0 Å². The van der Waals surface area contributed by atoms with Gasteiger partial charge in [-0.3, -0.25) is 14.6 Å². The second kappa shape index (κ2) is 13.4. The number of hydrogen-bond donors (Lipinski definition) is 2. The van der Waals surface area contributed by atoms with Crippen LogP contribution >= 0.6 is 11.8 Å². The number of carbonyl (C=O) groups is 2. The summed E-state index contributed by atoms with van der Waals surface area (Å²) in [6.07, 6.45) is 6.67. The summed E-state index contributed by atoms with van der Waals surface area (Å²) < 4.78 is 46.6. The molecule has 0 bridgehead atoms. The number of hydrogen-bond acceptors (Lipinski definition) is 8. The summed E-state index contributed by atoms with van der Waals surface area (Å²) in [7, 11) is 1.59. The topological polar surface area (TPSA) is 98.8 Å². The average Bonchev–Trinajstić information content (AvgIpc) is 4.03. The Balaban J connectivity index is 1.01. The van der Waals surface area contributed by atoms with E-state index in [1.807, 2.05) is 23.9 Å². The molecule has 3 aromatic carbocycles. The van der Waals surface area contributed by atoms with Crippen molar-refractivity contribution in [2.45, 2.75) is 56.5 Å². The molecule has 3 aliphatic rings. The Morgan fingerprint density at radius 3 is 2.40 bits per heavy atom. The van der Waals surface area contributed by atoms with Crippen LogP contribution in [-0.4, -0.2) is 53.5 Å². The summed E-state index contributed by atoms with van der Waals surface area (Å²) in [6, 6.07) is 15.5. The van der Waals surface area contributed by atoms with Crippen molar-refractivity contribution in [2.75, 3.05) is 30.5 Å². The number of amides is 1. The molecule has 1 aliphatic heterocycles. The summed E-state index contributed by atoms with van der Waals surface area (Å²) in [5, 5.41) is 7.19. The van der Waals surface area contributed by atoms with Crippen molar-refractivity contribution in [3.63, 3.8) is 0 Å². The van der Waals surface area contributed by atoms with Gasteiger partial charge in [0, 0.05) is 41.9 Å². The normalized spacial score (nSPS) is 17.8. The van der Waals surface area contributed by atoms with Gasteiger partial charge in [0.1, 0.15) is 35.2 Å². The molecule has 48 heavy (non-hydrogen) atoms. The van der Waals surface area contributed by atoms with Crippen LogP contribution in [0.5, 0.6) is 23.0 Å². The van der Waals surface area contributed by atoms with Crippen LogP contribution in [0.3, 0.4) is 0 Å². The second-order valence-corrected chi connectivity index (χ2v) is 14.2. The van der Waals surface area contributed by atoms with Crippen LogP contribution in [0.2, 0.25) is 0 Å². The van der Waals surface area contributed by atoms with E-state index in [2.05, 4.69) is 15.6 Å². The Hall–Kier alpha value is -4.22. The third-order valence-corrected chi connectivity index (χ3v) is 10.5. The number of carbonyl (C=O) groups excluding carboxylic acids is 2. The van der Waals surface area contributed by atoms with Crippen molar-refractivity contribution in [3.8, 4) is 23.0 Å². The lowest BCUT2D eigenvalue weighted by atomic mass is 9.93. The number of ketones is 1. The number of Topliss-reactive ketones (excluding diaryl/α,β-unsaturated/α-hetero) is 1. The van der Waals surface area contributed by atoms with E-state index < -0.39 is 23.0 Å². The number of halogens is 2. The quantitative estimate of drug-likeness (QED) is 0.143. The van der Waals surface area contributed by atoms with Gasteiger partial charge in [0.15, 0.2) is 17.3 Å². The van der Waals surface area contributed by atoms with Gasteiger partial charge in [0.05, 0.1) is 18.2 Å². The number of fused-ring (bicyclic) bond motifs is 1. The molecule has 2 heterocycles. The van der Waals surface area contributed by atoms with Crippen LogP contribution in [0.4, 0.5) is 14.5 Å². The number of rotatable bonds is 13. The maximum absolute atomic E-state index is 15.3. The highest BCUT2D eigenvalue weighted by Gasteiger charge is 2.55. The first-order chi connectivity index (χ1) is 23.3. The SMILES string of the molecule is COc1cc2c(Oc3ccc(CC(=O)C4(C(=O)Nc5ccc(F)cc5)CC4)c(F)c3)ccnc2cc1OCC1(NC2CCSCC2)CC1. The molecule has 2 N–H and O–H groups in total. The number of nitrogens with zero attached hydrogens (tertiary/aromatic N) is 1. The molecule has 0 atom stereocenters. The van der Waals surface area contributed by atoms with Gasteiger partial charge in [0.25, 0.3) is 0 Å². The van der Waals surface area contributed by atoms with Gasteiger partial charge in [-0.2, -0.15) is 11.8 Å². The molecule has 1 amide bonds. The van der Waals surface area contributed by atoms with Crippen LogP contribution in [0.25, 0.3) is 10.9 Å². The zero-order valence-electron chi connectivity index (χ0n) is 26.7.